The minimum absolute atomic E-state index is 0.386. The molecule has 0 atom stereocenters. The minimum Gasteiger partial charge on any atom is -0.368 e. The smallest absolute Gasteiger partial charge is 0.221 e. The van der Waals surface area contributed by atoms with Crippen LogP contribution in [0.4, 0.5) is 5.95 Å². The monoisotopic (exact) mass is 280 g/mol. The number of nitrogen functional groups attached to an aromatic ring is 1. The topological polar surface area (TPSA) is 74.0 Å². The summed E-state index contributed by atoms with van der Waals surface area (Å²) in [7, 11) is 0. The molecular weight excluding hydrogens is 264 g/mol. The van der Waals surface area contributed by atoms with Crippen LogP contribution >= 0.6 is 0 Å². The molecule has 0 amide bonds. The fourth-order valence-electron chi connectivity index (χ4n) is 2.08. The first kappa shape index (κ1) is 13.1. The zero-order chi connectivity index (χ0) is 14.7. The molecule has 1 aromatic carbocycles. The first-order chi connectivity index (χ1) is 10.2. The number of anilines is 1. The van der Waals surface area contributed by atoms with Crippen LogP contribution in [0.3, 0.4) is 0 Å². The Labute approximate surface area is 122 Å². The Hall–Kier alpha value is -2.89. The molecule has 0 saturated heterocycles. The second kappa shape index (κ2) is 5.62. The van der Waals surface area contributed by atoms with Crippen molar-refractivity contribution in [2.75, 3.05) is 5.73 Å². The van der Waals surface area contributed by atoms with E-state index in [-0.39, 0.29) is 0 Å². The first-order valence-corrected chi connectivity index (χ1v) is 6.63. The van der Waals surface area contributed by atoms with Crippen LogP contribution in [0.15, 0.2) is 54.0 Å². The molecule has 0 saturated carbocycles. The Morgan fingerprint density at radius 1 is 1.33 bits per heavy atom. The van der Waals surface area contributed by atoms with E-state index in [1.54, 1.807) is 23.3 Å². The number of nitrogens with two attached hydrogens (primary N) is 1. The summed E-state index contributed by atoms with van der Waals surface area (Å²) >= 11 is 0. The van der Waals surface area contributed by atoms with Gasteiger partial charge in [0.05, 0.1) is 24.7 Å². The number of benzene rings is 1. The van der Waals surface area contributed by atoms with E-state index in [9.17, 15) is 0 Å². The fraction of sp³-hybridized carbons (Fsp3) is 0.133. The molecule has 2 N–H and O–H groups in total. The van der Waals surface area contributed by atoms with Crippen molar-refractivity contribution in [1.82, 2.24) is 19.4 Å². The number of rotatable bonds is 4. The van der Waals surface area contributed by atoms with Crippen molar-refractivity contribution in [3.05, 3.63) is 65.7 Å². The molecule has 6 heteroatoms. The number of aromatic nitrogens is 4. The van der Waals surface area contributed by atoms with E-state index in [2.05, 4.69) is 27.3 Å². The summed E-state index contributed by atoms with van der Waals surface area (Å²) in [5.41, 5.74) is 8.77. The van der Waals surface area contributed by atoms with Crippen LogP contribution < -0.4 is 5.73 Å². The molecule has 106 valence electrons. The standard InChI is InChI=1S/C15H16N6/c1-12-10-21(15(16)19-12)18-9-13-4-2-5-14(8-13)11-20-7-3-6-17-20/h2-10H,11H2,1H3,(H2,16,19). The van der Waals surface area contributed by atoms with Crippen LogP contribution in [0.1, 0.15) is 16.8 Å². The number of imidazole rings is 1. The molecule has 6 nitrogen and oxygen atoms in total. The second-order valence-electron chi connectivity index (χ2n) is 4.78. The van der Waals surface area contributed by atoms with Crippen molar-refractivity contribution in [3.63, 3.8) is 0 Å². The largest absolute Gasteiger partial charge is 0.368 e. The van der Waals surface area contributed by atoms with Crippen molar-refractivity contribution < 1.29 is 0 Å². The molecule has 0 aliphatic carbocycles. The van der Waals surface area contributed by atoms with Gasteiger partial charge in [-0.25, -0.2) is 9.66 Å². The highest BCUT2D eigenvalue weighted by Crippen LogP contribution is 2.07. The first-order valence-electron chi connectivity index (χ1n) is 6.63. The van der Waals surface area contributed by atoms with E-state index in [0.717, 1.165) is 23.4 Å². The molecule has 0 radical (unpaired) electrons. The van der Waals surface area contributed by atoms with Crippen molar-refractivity contribution in [1.29, 1.82) is 0 Å². The van der Waals surface area contributed by atoms with Crippen molar-refractivity contribution in [2.45, 2.75) is 13.5 Å². The van der Waals surface area contributed by atoms with Crippen LogP contribution in [-0.2, 0) is 6.54 Å². The van der Waals surface area contributed by atoms with Crippen LogP contribution in [0.2, 0.25) is 0 Å². The van der Waals surface area contributed by atoms with Crippen LogP contribution in [0, 0.1) is 6.92 Å². The van der Waals surface area contributed by atoms with Gasteiger partial charge in [0.15, 0.2) is 0 Å². The maximum Gasteiger partial charge on any atom is 0.221 e. The summed E-state index contributed by atoms with van der Waals surface area (Å²) < 4.78 is 3.45. The van der Waals surface area contributed by atoms with Gasteiger partial charge in [0, 0.05) is 12.4 Å². The second-order valence-corrected chi connectivity index (χ2v) is 4.78. The third-order valence-electron chi connectivity index (χ3n) is 3.02. The summed E-state index contributed by atoms with van der Waals surface area (Å²) in [6, 6.07) is 10.0. The molecule has 0 fully saturated rings. The summed E-state index contributed by atoms with van der Waals surface area (Å²) in [6.45, 7) is 2.62. The zero-order valence-electron chi connectivity index (χ0n) is 11.7. The molecule has 0 spiro atoms. The van der Waals surface area contributed by atoms with Gasteiger partial charge in [-0.15, -0.1) is 0 Å². The zero-order valence-corrected chi connectivity index (χ0v) is 11.7. The molecule has 0 aliphatic heterocycles. The van der Waals surface area contributed by atoms with E-state index in [1.807, 2.05) is 36.0 Å². The Balaban J connectivity index is 1.78. The maximum absolute atomic E-state index is 5.75. The van der Waals surface area contributed by atoms with Crippen molar-refractivity contribution in [3.8, 4) is 0 Å². The van der Waals surface area contributed by atoms with Crippen LogP contribution in [-0.4, -0.2) is 25.7 Å². The summed E-state index contributed by atoms with van der Waals surface area (Å²) in [5, 5.41) is 8.52. The lowest BCUT2D eigenvalue weighted by atomic mass is 10.1. The lowest BCUT2D eigenvalue weighted by molar-refractivity contribution is 0.687. The highest BCUT2D eigenvalue weighted by molar-refractivity contribution is 5.79. The lowest BCUT2D eigenvalue weighted by Gasteiger charge is -2.03. The van der Waals surface area contributed by atoms with Gasteiger partial charge in [-0.3, -0.25) is 4.68 Å². The van der Waals surface area contributed by atoms with Gasteiger partial charge in [-0.1, -0.05) is 18.2 Å². The minimum atomic E-state index is 0.386. The molecule has 21 heavy (non-hydrogen) atoms. The lowest BCUT2D eigenvalue weighted by Crippen LogP contribution is -2.00. The predicted molar refractivity (Wildman–Crippen MR) is 82.1 cm³/mol. The van der Waals surface area contributed by atoms with E-state index < -0.39 is 0 Å². The van der Waals surface area contributed by atoms with Crippen molar-refractivity contribution >= 4 is 12.2 Å². The molecule has 2 heterocycles. The predicted octanol–water partition coefficient (Wildman–Crippen LogP) is 1.90. The molecule has 0 unspecified atom stereocenters. The Bertz CT molecular complexity index is 754. The number of hydrogen-bond donors (Lipinski definition) is 1. The molecule has 3 aromatic rings. The van der Waals surface area contributed by atoms with Gasteiger partial charge in [0.25, 0.3) is 0 Å². The van der Waals surface area contributed by atoms with Gasteiger partial charge < -0.3 is 5.73 Å². The SMILES string of the molecule is Cc1cn(N=Cc2cccc(Cn3cccn3)c2)c(N)n1. The normalized spacial score (nSPS) is 11.3. The average Bonchev–Trinajstić information content (AvgIpc) is 3.07. The van der Waals surface area contributed by atoms with E-state index >= 15 is 0 Å². The van der Waals surface area contributed by atoms with Gasteiger partial charge >= 0.3 is 0 Å². The third-order valence-corrected chi connectivity index (χ3v) is 3.02. The Morgan fingerprint density at radius 2 is 2.24 bits per heavy atom. The van der Waals surface area contributed by atoms with Gasteiger partial charge in [0.2, 0.25) is 5.95 Å². The Kier molecular flexibility index (Phi) is 3.51. The van der Waals surface area contributed by atoms with Gasteiger partial charge in [0.1, 0.15) is 0 Å². The average molecular weight is 280 g/mol. The van der Waals surface area contributed by atoms with E-state index in [4.69, 9.17) is 5.73 Å². The van der Waals surface area contributed by atoms with Crippen LogP contribution in [0.25, 0.3) is 0 Å². The quantitative estimate of drug-likeness (QED) is 0.742. The summed E-state index contributed by atoms with van der Waals surface area (Å²) in [5.74, 6) is 0.386. The molecule has 0 aliphatic rings. The number of hydrogen-bond acceptors (Lipinski definition) is 4. The molecule has 0 bridgehead atoms. The van der Waals surface area contributed by atoms with Gasteiger partial charge in [-0.2, -0.15) is 10.2 Å². The van der Waals surface area contributed by atoms with E-state index in [1.165, 1.54) is 0 Å². The Morgan fingerprint density at radius 3 is 2.95 bits per heavy atom. The number of aryl methyl sites for hydroxylation is 1. The van der Waals surface area contributed by atoms with E-state index in [0.29, 0.717) is 5.95 Å². The maximum atomic E-state index is 5.75. The molecule has 3 rings (SSSR count). The fourth-order valence-corrected chi connectivity index (χ4v) is 2.08. The highest BCUT2D eigenvalue weighted by Gasteiger charge is 1.99. The van der Waals surface area contributed by atoms with Gasteiger partial charge in [-0.05, 0) is 30.2 Å². The molecular formula is C15H16N6. The highest BCUT2D eigenvalue weighted by atomic mass is 15.4. The molecule has 2 aromatic heterocycles. The third kappa shape index (κ3) is 3.17. The summed E-state index contributed by atoms with van der Waals surface area (Å²) in [6.07, 6.45) is 7.27. The van der Waals surface area contributed by atoms with Crippen LogP contribution in [0.5, 0.6) is 0 Å². The van der Waals surface area contributed by atoms with Crippen molar-refractivity contribution in [2.24, 2.45) is 5.10 Å². The summed E-state index contributed by atoms with van der Waals surface area (Å²) in [4.78, 5) is 4.11. The number of nitrogens with zero attached hydrogens (tertiary/aromatic N) is 5.